The summed E-state index contributed by atoms with van der Waals surface area (Å²) in [4.78, 5) is 28.1. The average Bonchev–Trinajstić information content (AvgIpc) is 3.31. The zero-order valence-corrected chi connectivity index (χ0v) is 14.2. The lowest BCUT2D eigenvalue weighted by Crippen LogP contribution is -2.15. The molecular formula is C17H15N3O4S. The number of anilines is 1. The van der Waals surface area contributed by atoms with Crippen LogP contribution in [-0.4, -0.2) is 29.1 Å². The number of carbonyl (C=O) groups excluding carboxylic acids is 2. The Kier molecular flexibility index (Phi) is 5.20. The van der Waals surface area contributed by atoms with Crippen LogP contribution >= 0.6 is 11.3 Å². The lowest BCUT2D eigenvalue weighted by molar-refractivity contribution is -0.116. The predicted molar refractivity (Wildman–Crippen MR) is 92.3 cm³/mol. The molecule has 0 aliphatic heterocycles. The zero-order valence-electron chi connectivity index (χ0n) is 13.4. The number of hydrogen-bond acceptors (Lipinski definition) is 7. The summed E-state index contributed by atoms with van der Waals surface area (Å²) >= 11 is 1.55. The monoisotopic (exact) mass is 357 g/mol. The Morgan fingerprint density at radius 2 is 2.12 bits per heavy atom. The van der Waals surface area contributed by atoms with E-state index in [1.54, 1.807) is 35.6 Å². The minimum atomic E-state index is -0.506. The highest BCUT2D eigenvalue weighted by atomic mass is 32.1. The van der Waals surface area contributed by atoms with Crippen molar-refractivity contribution < 1.29 is 18.8 Å². The van der Waals surface area contributed by atoms with Gasteiger partial charge < -0.3 is 14.6 Å². The van der Waals surface area contributed by atoms with Gasteiger partial charge in [0.05, 0.1) is 18.4 Å². The smallest absolute Gasteiger partial charge is 0.339 e. The van der Waals surface area contributed by atoms with Crippen LogP contribution in [0.3, 0.4) is 0 Å². The molecule has 0 spiro atoms. The zero-order chi connectivity index (χ0) is 17.6. The third-order valence-electron chi connectivity index (χ3n) is 3.42. The van der Waals surface area contributed by atoms with Crippen molar-refractivity contribution in [3.05, 3.63) is 52.5 Å². The number of amides is 1. The minimum absolute atomic E-state index is 0.154. The normalized spacial score (nSPS) is 10.4. The van der Waals surface area contributed by atoms with Gasteiger partial charge in [-0.2, -0.15) is 16.3 Å². The van der Waals surface area contributed by atoms with Crippen molar-refractivity contribution in [3.8, 4) is 11.4 Å². The number of nitrogens with zero attached hydrogens (tertiary/aromatic N) is 2. The van der Waals surface area contributed by atoms with Gasteiger partial charge in [0.2, 0.25) is 17.6 Å². The molecule has 25 heavy (non-hydrogen) atoms. The number of benzene rings is 1. The number of carbonyl (C=O) groups is 2. The van der Waals surface area contributed by atoms with Crippen LogP contribution in [0.1, 0.15) is 22.7 Å². The van der Waals surface area contributed by atoms with E-state index in [0.29, 0.717) is 29.4 Å². The van der Waals surface area contributed by atoms with Crippen molar-refractivity contribution in [1.29, 1.82) is 0 Å². The summed E-state index contributed by atoms with van der Waals surface area (Å²) in [6, 6.07) is 8.56. The Balaban J connectivity index is 1.60. The number of aromatic nitrogens is 2. The number of aryl methyl sites for hydroxylation is 1. The van der Waals surface area contributed by atoms with Gasteiger partial charge in [-0.25, -0.2) is 4.79 Å². The number of methoxy groups -OCH3 is 1. The molecular weight excluding hydrogens is 342 g/mol. The summed E-state index contributed by atoms with van der Waals surface area (Å²) in [5.74, 6) is 0.130. The van der Waals surface area contributed by atoms with Crippen LogP contribution in [0, 0.1) is 0 Å². The number of ether oxygens (including phenoxy) is 1. The average molecular weight is 357 g/mol. The second-order valence-electron chi connectivity index (χ2n) is 5.11. The Labute approximate surface area is 147 Å². The summed E-state index contributed by atoms with van der Waals surface area (Å²) < 4.78 is 9.86. The molecule has 1 aromatic carbocycles. The largest absolute Gasteiger partial charge is 0.465 e. The van der Waals surface area contributed by atoms with E-state index in [2.05, 4.69) is 15.5 Å². The molecule has 128 valence electrons. The Morgan fingerprint density at radius 1 is 1.28 bits per heavy atom. The van der Waals surface area contributed by atoms with Gasteiger partial charge in [0.1, 0.15) is 0 Å². The Bertz CT molecular complexity index is 874. The minimum Gasteiger partial charge on any atom is -0.465 e. The van der Waals surface area contributed by atoms with Crippen molar-refractivity contribution in [2.75, 3.05) is 12.4 Å². The molecule has 3 aromatic rings. The summed E-state index contributed by atoms with van der Waals surface area (Å²) in [5, 5.41) is 10.4. The molecule has 0 saturated carbocycles. The van der Waals surface area contributed by atoms with E-state index in [0.717, 1.165) is 5.56 Å². The molecule has 3 rings (SSSR count). The van der Waals surface area contributed by atoms with Gasteiger partial charge in [-0.1, -0.05) is 17.3 Å². The first kappa shape index (κ1) is 16.8. The maximum atomic E-state index is 12.1. The second kappa shape index (κ2) is 7.71. The lowest BCUT2D eigenvalue weighted by atomic mass is 10.1. The van der Waals surface area contributed by atoms with Gasteiger partial charge in [-0.15, -0.1) is 0 Å². The lowest BCUT2D eigenvalue weighted by Gasteiger charge is -2.08. The van der Waals surface area contributed by atoms with E-state index in [1.165, 1.54) is 7.11 Å². The molecule has 0 bridgehead atoms. The van der Waals surface area contributed by atoms with Crippen molar-refractivity contribution in [2.45, 2.75) is 12.8 Å². The molecule has 0 saturated heterocycles. The molecule has 0 fully saturated rings. The van der Waals surface area contributed by atoms with Gasteiger partial charge in [-0.05, 0) is 23.6 Å². The summed E-state index contributed by atoms with van der Waals surface area (Å²) in [5.41, 5.74) is 1.59. The number of thiophene rings is 1. The third kappa shape index (κ3) is 4.10. The molecule has 0 radical (unpaired) electrons. The van der Waals surface area contributed by atoms with Crippen LogP contribution in [-0.2, 0) is 16.0 Å². The topological polar surface area (TPSA) is 94.3 Å². The van der Waals surface area contributed by atoms with Crippen LogP contribution < -0.4 is 5.32 Å². The first-order chi connectivity index (χ1) is 12.2. The molecule has 0 atom stereocenters. The number of nitrogens with one attached hydrogen (secondary N) is 1. The molecule has 0 aliphatic carbocycles. The Hall–Kier alpha value is -3.00. The molecule has 2 heterocycles. The standard InChI is InChI=1S/C17H15N3O4S/c1-23-17(22)12-4-2-3-5-13(12)18-14(21)6-7-15-19-16(20-24-15)11-8-9-25-10-11/h2-5,8-10H,6-7H2,1H3,(H,18,21). The van der Waals surface area contributed by atoms with Gasteiger partial charge in [0, 0.05) is 23.8 Å². The van der Waals surface area contributed by atoms with E-state index in [-0.39, 0.29) is 12.3 Å². The molecule has 1 N–H and O–H groups in total. The number of hydrogen-bond donors (Lipinski definition) is 1. The number of para-hydroxylation sites is 1. The fraction of sp³-hybridized carbons (Fsp3) is 0.176. The second-order valence-corrected chi connectivity index (χ2v) is 5.89. The van der Waals surface area contributed by atoms with Gasteiger partial charge >= 0.3 is 5.97 Å². The van der Waals surface area contributed by atoms with Crippen molar-refractivity contribution in [2.24, 2.45) is 0 Å². The van der Waals surface area contributed by atoms with Crippen molar-refractivity contribution >= 4 is 28.9 Å². The molecule has 8 heteroatoms. The molecule has 7 nitrogen and oxygen atoms in total. The fourth-order valence-electron chi connectivity index (χ4n) is 2.18. The molecule has 2 aromatic heterocycles. The number of rotatable bonds is 6. The van der Waals surface area contributed by atoms with E-state index in [9.17, 15) is 9.59 Å². The fourth-order valence-corrected chi connectivity index (χ4v) is 2.81. The maximum absolute atomic E-state index is 12.1. The summed E-state index contributed by atoms with van der Waals surface area (Å²) in [6.07, 6.45) is 0.462. The molecule has 1 amide bonds. The van der Waals surface area contributed by atoms with Crippen LogP contribution in [0.4, 0.5) is 5.69 Å². The highest BCUT2D eigenvalue weighted by molar-refractivity contribution is 7.08. The Morgan fingerprint density at radius 3 is 2.88 bits per heavy atom. The van der Waals surface area contributed by atoms with Gasteiger partial charge in [0.15, 0.2) is 0 Å². The van der Waals surface area contributed by atoms with E-state index >= 15 is 0 Å². The highest BCUT2D eigenvalue weighted by Crippen LogP contribution is 2.19. The third-order valence-corrected chi connectivity index (χ3v) is 4.10. The summed E-state index contributed by atoms with van der Waals surface area (Å²) in [6.45, 7) is 0. The molecule has 0 unspecified atom stereocenters. The first-order valence-corrected chi connectivity index (χ1v) is 8.44. The van der Waals surface area contributed by atoms with Gasteiger partial charge in [0.25, 0.3) is 0 Å². The van der Waals surface area contributed by atoms with Crippen LogP contribution in [0.2, 0.25) is 0 Å². The maximum Gasteiger partial charge on any atom is 0.339 e. The summed E-state index contributed by atoms with van der Waals surface area (Å²) in [7, 11) is 1.29. The van der Waals surface area contributed by atoms with E-state index in [4.69, 9.17) is 9.26 Å². The van der Waals surface area contributed by atoms with Gasteiger partial charge in [-0.3, -0.25) is 4.79 Å². The number of esters is 1. The van der Waals surface area contributed by atoms with Crippen molar-refractivity contribution in [1.82, 2.24) is 10.1 Å². The molecule has 0 aliphatic rings. The van der Waals surface area contributed by atoms with Crippen LogP contribution in [0.25, 0.3) is 11.4 Å². The first-order valence-electron chi connectivity index (χ1n) is 7.49. The SMILES string of the molecule is COC(=O)c1ccccc1NC(=O)CCc1nc(-c2ccsc2)no1. The van der Waals surface area contributed by atoms with Crippen LogP contribution in [0.5, 0.6) is 0 Å². The van der Waals surface area contributed by atoms with E-state index in [1.807, 2.05) is 16.8 Å². The van der Waals surface area contributed by atoms with Crippen LogP contribution in [0.15, 0.2) is 45.6 Å². The van der Waals surface area contributed by atoms with Crippen molar-refractivity contribution in [3.63, 3.8) is 0 Å². The predicted octanol–water partition coefficient (Wildman–Crippen LogP) is 3.16. The highest BCUT2D eigenvalue weighted by Gasteiger charge is 2.15. The quantitative estimate of drug-likeness (QED) is 0.681. The van der Waals surface area contributed by atoms with E-state index < -0.39 is 5.97 Å².